The molecule has 2 saturated heterocycles. The lowest BCUT2D eigenvalue weighted by atomic mass is 10.2. The summed E-state index contributed by atoms with van der Waals surface area (Å²) in [5, 5.41) is 7.27. The van der Waals surface area contributed by atoms with Crippen LogP contribution >= 0.6 is 12.2 Å². The zero-order valence-corrected chi connectivity index (χ0v) is 11.0. The second-order valence-corrected chi connectivity index (χ2v) is 5.54. The van der Waals surface area contributed by atoms with Crippen molar-refractivity contribution in [1.82, 2.24) is 14.8 Å². The fourth-order valence-electron chi connectivity index (χ4n) is 2.76. The van der Waals surface area contributed by atoms with Gasteiger partial charge in [-0.05, 0) is 38.9 Å². The summed E-state index contributed by atoms with van der Waals surface area (Å²) in [6, 6.07) is 0.330. The van der Waals surface area contributed by atoms with Gasteiger partial charge in [0.2, 0.25) is 5.95 Å². The van der Waals surface area contributed by atoms with Crippen molar-refractivity contribution in [3.05, 3.63) is 4.77 Å². The Hall–Kier alpha value is -0.880. The Balaban J connectivity index is 1.92. The van der Waals surface area contributed by atoms with Gasteiger partial charge in [0.05, 0.1) is 12.2 Å². The second-order valence-electron chi connectivity index (χ2n) is 5.15. The van der Waals surface area contributed by atoms with Gasteiger partial charge in [0.15, 0.2) is 4.77 Å². The van der Waals surface area contributed by atoms with Gasteiger partial charge >= 0.3 is 0 Å². The van der Waals surface area contributed by atoms with Crippen molar-refractivity contribution in [2.24, 2.45) is 0 Å². The molecule has 6 heteroatoms. The predicted molar refractivity (Wildman–Crippen MR) is 67.9 cm³/mol. The largest absolute Gasteiger partial charge is 0.371 e. The molecule has 0 aromatic carbocycles. The van der Waals surface area contributed by atoms with Gasteiger partial charge in [0.1, 0.15) is 0 Å². The van der Waals surface area contributed by atoms with Crippen LogP contribution in [0.5, 0.6) is 0 Å². The molecule has 0 saturated carbocycles. The van der Waals surface area contributed by atoms with E-state index in [1.54, 1.807) is 0 Å². The van der Waals surface area contributed by atoms with E-state index in [0.717, 1.165) is 19.0 Å². The number of hydrogen-bond acceptors (Lipinski definition) is 4. The van der Waals surface area contributed by atoms with Crippen molar-refractivity contribution < 1.29 is 4.74 Å². The minimum atomic E-state index is 0.330. The first kappa shape index (κ1) is 11.2. The summed E-state index contributed by atoms with van der Waals surface area (Å²) in [7, 11) is 0. The standard InChI is InChI=1S/C11H18N4OS/c1-7(2)15-10(12-13-11(15)17)14-5-8-3-4-9(6-14)16-8/h7-9H,3-6H2,1-2H3,(H,13,17). The zero-order chi connectivity index (χ0) is 12.0. The summed E-state index contributed by atoms with van der Waals surface area (Å²) in [6.07, 6.45) is 3.10. The van der Waals surface area contributed by atoms with Crippen LogP contribution in [0.25, 0.3) is 0 Å². The van der Waals surface area contributed by atoms with Crippen LogP contribution in [0.4, 0.5) is 5.95 Å². The maximum Gasteiger partial charge on any atom is 0.226 e. The third-order valence-electron chi connectivity index (χ3n) is 3.53. The molecule has 2 aliphatic rings. The van der Waals surface area contributed by atoms with Gasteiger partial charge in [0.25, 0.3) is 0 Å². The van der Waals surface area contributed by atoms with Crippen LogP contribution in [0.15, 0.2) is 0 Å². The topological polar surface area (TPSA) is 46.1 Å². The molecule has 17 heavy (non-hydrogen) atoms. The number of fused-ring (bicyclic) bond motifs is 2. The van der Waals surface area contributed by atoms with Gasteiger partial charge in [-0.25, -0.2) is 5.10 Å². The number of nitrogens with zero attached hydrogens (tertiary/aromatic N) is 3. The third kappa shape index (κ3) is 1.89. The Morgan fingerprint density at radius 1 is 1.35 bits per heavy atom. The summed E-state index contributed by atoms with van der Waals surface area (Å²) in [4.78, 5) is 2.30. The van der Waals surface area contributed by atoms with Crippen molar-refractivity contribution in [3.63, 3.8) is 0 Å². The third-order valence-corrected chi connectivity index (χ3v) is 3.82. The number of nitrogens with one attached hydrogen (secondary N) is 1. The highest BCUT2D eigenvalue weighted by molar-refractivity contribution is 7.71. The van der Waals surface area contributed by atoms with Crippen molar-refractivity contribution in [1.29, 1.82) is 0 Å². The smallest absolute Gasteiger partial charge is 0.226 e. The van der Waals surface area contributed by atoms with Crippen molar-refractivity contribution >= 4 is 18.2 Å². The molecular formula is C11H18N4OS. The number of morpholine rings is 1. The SMILES string of the molecule is CC(C)n1c(N2CC3CCC(C2)O3)n[nH]c1=S. The van der Waals surface area contributed by atoms with Crippen molar-refractivity contribution in [2.45, 2.75) is 44.9 Å². The fraction of sp³-hybridized carbons (Fsp3) is 0.818. The van der Waals surface area contributed by atoms with Gasteiger partial charge in [0, 0.05) is 19.1 Å². The molecule has 3 rings (SSSR count). The number of hydrogen-bond donors (Lipinski definition) is 1. The Bertz CT molecular complexity index is 454. The van der Waals surface area contributed by atoms with Gasteiger partial charge in [-0.1, -0.05) is 0 Å². The zero-order valence-electron chi connectivity index (χ0n) is 10.2. The number of aromatic amines is 1. The maximum atomic E-state index is 5.84. The van der Waals surface area contributed by atoms with E-state index in [-0.39, 0.29) is 0 Å². The number of aromatic nitrogens is 3. The van der Waals surface area contributed by atoms with Crippen molar-refractivity contribution in [3.8, 4) is 0 Å². The van der Waals surface area contributed by atoms with Gasteiger partial charge in [-0.15, -0.1) is 5.10 Å². The van der Waals surface area contributed by atoms with Gasteiger partial charge in [-0.2, -0.15) is 0 Å². The molecule has 2 atom stereocenters. The summed E-state index contributed by atoms with van der Waals surface area (Å²) in [5.74, 6) is 0.963. The molecule has 2 fully saturated rings. The highest BCUT2D eigenvalue weighted by Crippen LogP contribution is 2.29. The van der Waals surface area contributed by atoms with E-state index in [1.807, 2.05) is 0 Å². The fourth-order valence-corrected chi connectivity index (χ4v) is 3.10. The molecule has 1 aromatic heterocycles. The predicted octanol–water partition coefficient (Wildman–Crippen LogP) is 1.89. The lowest BCUT2D eigenvalue weighted by Crippen LogP contribution is -2.44. The average molecular weight is 254 g/mol. The molecule has 0 radical (unpaired) electrons. The highest BCUT2D eigenvalue weighted by Gasteiger charge is 2.35. The molecule has 94 valence electrons. The monoisotopic (exact) mass is 254 g/mol. The maximum absolute atomic E-state index is 5.84. The first-order valence-corrected chi connectivity index (χ1v) is 6.63. The quantitative estimate of drug-likeness (QED) is 0.819. The van der Waals surface area contributed by atoms with Crippen molar-refractivity contribution in [2.75, 3.05) is 18.0 Å². The van der Waals surface area contributed by atoms with Crippen LogP contribution in [0.1, 0.15) is 32.7 Å². The van der Waals surface area contributed by atoms with E-state index in [9.17, 15) is 0 Å². The first-order chi connectivity index (χ1) is 8.15. The summed E-state index contributed by atoms with van der Waals surface area (Å²) in [6.45, 7) is 6.12. The average Bonchev–Trinajstić information content (AvgIpc) is 2.82. The lowest BCUT2D eigenvalue weighted by molar-refractivity contribution is 0.0296. The molecule has 0 amide bonds. The molecule has 0 aliphatic carbocycles. The number of H-pyrrole nitrogens is 1. The van der Waals surface area contributed by atoms with E-state index < -0.39 is 0 Å². The van der Waals surface area contributed by atoms with Crippen LogP contribution in [0.3, 0.4) is 0 Å². The van der Waals surface area contributed by atoms with Gasteiger partial charge < -0.3 is 9.64 Å². The van der Waals surface area contributed by atoms with E-state index in [2.05, 4.69) is 33.5 Å². The molecule has 2 bridgehead atoms. The Kier molecular flexibility index (Phi) is 2.71. The molecule has 0 spiro atoms. The van der Waals surface area contributed by atoms with Crippen LogP contribution in [0.2, 0.25) is 0 Å². The number of ether oxygens (including phenoxy) is 1. The van der Waals surface area contributed by atoms with E-state index in [1.165, 1.54) is 12.8 Å². The minimum Gasteiger partial charge on any atom is -0.371 e. The minimum absolute atomic E-state index is 0.330. The lowest BCUT2D eigenvalue weighted by Gasteiger charge is -2.33. The summed E-state index contributed by atoms with van der Waals surface area (Å²) in [5.41, 5.74) is 0. The molecule has 2 aliphatic heterocycles. The van der Waals surface area contributed by atoms with E-state index in [4.69, 9.17) is 17.0 Å². The molecule has 2 unspecified atom stereocenters. The second kappa shape index (κ2) is 4.10. The number of rotatable bonds is 2. The van der Waals surface area contributed by atoms with E-state index >= 15 is 0 Å². The molecule has 1 aromatic rings. The molecule has 3 heterocycles. The Morgan fingerprint density at radius 3 is 2.59 bits per heavy atom. The summed E-state index contributed by atoms with van der Waals surface area (Å²) < 4.78 is 8.63. The molecular weight excluding hydrogens is 236 g/mol. The Morgan fingerprint density at radius 2 is 2.00 bits per heavy atom. The van der Waals surface area contributed by atoms with Crippen LogP contribution in [0, 0.1) is 4.77 Å². The van der Waals surface area contributed by atoms with Gasteiger partial charge in [-0.3, -0.25) is 4.57 Å². The Labute approximate surface area is 106 Å². The molecule has 1 N–H and O–H groups in total. The van der Waals surface area contributed by atoms with Crippen LogP contribution in [-0.4, -0.2) is 40.1 Å². The molecule has 5 nitrogen and oxygen atoms in total. The summed E-state index contributed by atoms with van der Waals surface area (Å²) >= 11 is 5.28. The first-order valence-electron chi connectivity index (χ1n) is 6.22. The highest BCUT2D eigenvalue weighted by atomic mass is 32.1. The van der Waals surface area contributed by atoms with Crippen LogP contribution in [-0.2, 0) is 4.74 Å². The normalized spacial score (nSPS) is 28.1. The number of anilines is 1. The van der Waals surface area contributed by atoms with E-state index in [0.29, 0.717) is 23.0 Å². The van der Waals surface area contributed by atoms with Crippen LogP contribution < -0.4 is 4.90 Å².